The molecule has 0 saturated carbocycles. The third kappa shape index (κ3) is 3.47. The first-order valence-corrected chi connectivity index (χ1v) is 6.09. The standard InChI is InChI=1S/C12H12N6O3/c1-2-13-8-3-4-10(18(20)21)9(7-8)11(19)16-12-14-5-6-15-17-12/h3-7,13H,2H2,1H3,(H,14,16,17,19). The summed E-state index contributed by atoms with van der Waals surface area (Å²) in [5.74, 6) is -0.694. The monoisotopic (exact) mass is 288 g/mol. The lowest BCUT2D eigenvalue weighted by Gasteiger charge is -2.07. The average molecular weight is 288 g/mol. The van der Waals surface area contributed by atoms with Crippen molar-refractivity contribution in [3.63, 3.8) is 0 Å². The molecule has 0 aliphatic heterocycles. The molecule has 0 unspecified atom stereocenters. The number of anilines is 2. The van der Waals surface area contributed by atoms with Gasteiger partial charge in [-0.25, -0.2) is 4.98 Å². The van der Waals surface area contributed by atoms with E-state index in [0.29, 0.717) is 12.2 Å². The van der Waals surface area contributed by atoms with E-state index < -0.39 is 10.8 Å². The number of aromatic nitrogens is 3. The molecule has 0 spiro atoms. The topological polar surface area (TPSA) is 123 Å². The fraction of sp³-hybridized carbons (Fsp3) is 0.167. The van der Waals surface area contributed by atoms with E-state index in [0.717, 1.165) is 0 Å². The summed E-state index contributed by atoms with van der Waals surface area (Å²) >= 11 is 0. The zero-order valence-electron chi connectivity index (χ0n) is 11.1. The maximum atomic E-state index is 12.1. The molecule has 0 atom stereocenters. The molecule has 0 bridgehead atoms. The van der Waals surface area contributed by atoms with Crippen LogP contribution < -0.4 is 10.6 Å². The van der Waals surface area contributed by atoms with E-state index in [1.165, 1.54) is 24.5 Å². The molecule has 0 saturated heterocycles. The van der Waals surface area contributed by atoms with Gasteiger partial charge in [-0.15, -0.1) is 5.10 Å². The minimum atomic E-state index is -0.672. The van der Waals surface area contributed by atoms with Gasteiger partial charge in [-0.3, -0.25) is 20.2 Å². The van der Waals surface area contributed by atoms with Crippen molar-refractivity contribution < 1.29 is 9.72 Å². The number of nitrogens with zero attached hydrogens (tertiary/aromatic N) is 4. The van der Waals surface area contributed by atoms with Gasteiger partial charge in [0, 0.05) is 18.3 Å². The number of carbonyl (C=O) groups is 1. The molecule has 0 radical (unpaired) electrons. The largest absolute Gasteiger partial charge is 0.385 e. The highest BCUT2D eigenvalue weighted by atomic mass is 16.6. The van der Waals surface area contributed by atoms with Crippen LogP contribution in [0, 0.1) is 10.1 Å². The van der Waals surface area contributed by atoms with Crippen molar-refractivity contribution in [1.29, 1.82) is 0 Å². The highest BCUT2D eigenvalue weighted by Crippen LogP contribution is 2.23. The molecule has 1 heterocycles. The molecule has 21 heavy (non-hydrogen) atoms. The van der Waals surface area contributed by atoms with Crippen molar-refractivity contribution >= 4 is 23.2 Å². The van der Waals surface area contributed by atoms with Gasteiger partial charge in [-0.05, 0) is 19.1 Å². The number of hydrogen-bond acceptors (Lipinski definition) is 7. The summed E-state index contributed by atoms with van der Waals surface area (Å²) in [7, 11) is 0. The van der Waals surface area contributed by atoms with Gasteiger partial charge in [0.1, 0.15) is 5.56 Å². The van der Waals surface area contributed by atoms with Crippen molar-refractivity contribution in [3.05, 3.63) is 46.3 Å². The molecule has 2 rings (SSSR count). The zero-order valence-corrected chi connectivity index (χ0v) is 11.1. The van der Waals surface area contributed by atoms with Gasteiger partial charge in [0.2, 0.25) is 5.95 Å². The predicted octanol–water partition coefficient (Wildman–Crippen LogP) is 1.46. The van der Waals surface area contributed by atoms with Gasteiger partial charge >= 0.3 is 0 Å². The Morgan fingerprint density at radius 2 is 2.19 bits per heavy atom. The highest BCUT2D eigenvalue weighted by Gasteiger charge is 2.21. The summed E-state index contributed by atoms with van der Waals surface area (Å²) < 4.78 is 0. The van der Waals surface area contributed by atoms with Gasteiger partial charge in [0.15, 0.2) is 0 Å². The first-order chi connectivity index (χ1) is 10.1. The van der Waals surface area contributed by atoms with Crippen molar-refractivity contribution in [2.75, 3.05) is 17.2 Å². The molecule has 108 valence electrons. The maximum absolute atomic E-state index is 12.1. The zero-order chi connectivity index (χ0) is 15.2. The molecule has 1 amide bonds. The molecule has 0 fully saturated rings. The summed E-state index contributed by atoms with van der Waals surface area (Å²) in [6.07, 6.45) is 2.70. The van der Waals surface area contributed by atoms with Crippen LogP contribution in [0.4, 0.5) is 17.3 Å². The fourth-order valence-electron chi connectivity index (χ4n) is 1.66. The second-order valence-corrected chi connectivity index (χ2v) is 3.94. The molecule has 1 aromatic carbocycles. The van der Waals surface area contributed by atoms with Gasteiger partial charge in [-0.1, -0.05) is 0 Å². The molecule has 2 N–H and O–H groups in total. The van der Waals surface area contributed by atoms with Crippen molar-refractivity contribution in [2.45, 2.75) is 6.92 Å². The predicted molar refractivity (Wildman–Crippen MR) is 75.0 cm³/mol. The van der Waals surface area contributed by atoms with Crippen LogP contribution in [0.15, 0.2) is 30.6 Å². The third-order valence-electron chi connectivity index (χ3n) is 2.53. The van der Waals surface area contributed by atoms with E-state index in [2.05, 4.69) is 25.8 Å². The maximum Gasteiger partial charge on any atom is 0.282 e. The number of nitro benzene ring substituents is 1. The van der Waals surface area contributed by atoms with Crippen LogP contribution in [-0.4, -0.2) is 32.6 Å². The lowest BCUT2D eigenvalue weighted by atomic mass is 10.1. The third-order valence-corrected chi connectivity index (χ3v) is 2.53. The highest BCUT2D eigenvalue weighted by molar-refractivity contribution is 6.06. The smallest absolute Gasteiger partial charge is 0.282 e. The molecule has 1 aromatic heterocycles. The number of nitrogens with one attached hydrogen (secondary N) is 2. The number of benzene rings is 1. The minimum absolute atomic E-state index is 0.0225. The number of nitro groups is 1. The Labute approximate surface area is 119 Å². The Balaban J connectivity index is 2.33. The summed E-state index contributed by atoms with van der Waals surface area (Å²) in [6.45, 7) is 2.51. The molecule has 9 heteroatoms. The fourth-order valence-corrected chi connectivity index (χ4v) is 1.66. The van der Waals surface area contributed by atoms with Gasteiger partial charge < -0.3 is 5.32 Å². The van der Waals surface area contributed by atoms with Gasteiger partial charge in [-0.2, -0.15) is 5.10 Å². The lowest BCUT2D eigenvalue weighted by molar-refractivity contribution is -0.385. The van der Waals surface area contributed by atoms with E-state index in [1.807, 2.05) is 6.92 Å². The van der Waals surface area contributed by atoms with E-state index in [-0.39, 0.29) is 17.2 Å². The summed E-state index contributed by atoms with van der Waals surface area (Å²) in [5, 5.41) is 23.5. The molecule has 2 aromatic rings. The Morgan fingerprint density at radius 1 is 1.38 bits per heavy atom. The number of amides is 1. The Kier molecular flexibility index (Phi) is 4.34. The second kappa shape index (κ2) is 6.37. The van der Waals surface area contributed by atoms with Crippen molar-refractivity contribution in [3.8, 4) is 0 Å². The molecule has 9 nitrogen and oxygen atoms in total. The SMILES string of the molecule is CCNc1ccc([N+](=O)[O-])c(C(=O)Nc2nccnn2)c1. The molecule has 0 aliphatic rings. The van der Waals surface area contributed by atoms with Gasteiger partial charge in [0.05, 0.1) is 17.3 Å². The van der Waals surface area contributed by atoms with E-state index in [9.17, 15) is 14.9 Å². The van der Waals surface area contributed by atoms with Crippen LogP contribution in [0.25, 0.3) is 0 Å². The second-order valence-electron chi connectivity index (χ2n) is 3.94. The first kappa shape index (κ1) is 14.3. The summed E-state index contributed by atoms with van der Waals surface area (Å²) in [5.41, 5.74) is 0.240. The summed E-state index contributed by atoms with van der Waals surface area (Å²) in [4.78, 5) is 26.3. The number of carbonyl (C=O) groups excluding carboxylic acids is 1. The number of rotatable bonds is 5. The average Bonchev–Trinajstić information content (AvgIpc) is 2.48. The van der Waals surface area contributed by atoms with E-state index in [4.69, 9.17) is 0 Å². The van der Waals surface area contributed by atoms with Crippen LogP contribution in [0.1, 0.15) is 17.3 Å². The Hall–Kier alpha value is -3.10. The quantitative estimate of drug-likeness (QED) is 0.630. The summed E-state index contributed by atoms with van der Waals surface area (Å²) in [6, 6.07) is 4.23. The van der Waals surface area contributed by atoms with Gasteiger partial charge in [0.25, 0.3) is 11.6 Å². The van der Waals surface area contributed by atoms with Crippen LogP contribution in [-0.2, 0) is 0 Å². The van der Waals surface area contributed by atoms with E-state index in [1.54, 1.807) is 6.07 Å². The lowest BCUT2D eigenvalue weighted by Crippen LogP contribution is -2.16. The Bertz CT molecular complexity index is 661. The van der Waals surface area contributed by atoms with Crippen LogP contribution >= 0.6 is 0 Å². The van der Waals surface area contributed by atoms with Crippen LogP contribution in [0.3, 0.4) is 0 Å². The first-order valence-electron chi connectivity index (χ1n) is 6.09. The molecular weight excluding hydrogens is 276 g/mol. The number of hydrogen-bond donors (Lipinski definition) is 2. The van der Waals surface area contributed by atoms with Crippen LogP contribution in [0.2, 0.25) is 0 Å². The van der Waals surface area contributed by atoms with Crippen molar-refractivity contribution in [2.24, 2.45) is 0 Å². The van der Waals surface area contributed by atoms with Crippen molar-refractivity contribution in [1.82, 2.24) is 15.2 Å². The Morgan fingerprint density at radius 3 is 2.81 bits per heavy atom. The molecular formula is C12H12N6O3. The van der Waals surface area contributed by atoms with Crippen LogP contribution in [0.5, 0.6) is 0 Å². The minimum Gasteiger partial charge on any atom is -0.385 e. The molecule has 0 aliphatic carbocycles. The van der Waals surface area contributed by atoms with E-state index >= 15 is 0 Å². The normalized spacial score (nSPS) is 9.95.